The summed E-state index contributed by atoms with van der Waals surface area (Å²) >= 11 is 0. The average molecular weight is 438 g/mol. The van der Waals surface area contributed by atoms with Gasteiger partial charge in [0.25, 0.3) is 0 Å². The lowest BCUT2D eigenvalue weighted by Crippen LogP contribution is -2.56. The molecule has 2 N–H and O–H groups in total. The summed E-state index contributed by atoms with van der Waals surface area (Å²) in [4.78, 5) is 4.40. The Morgan fingerprint density at radius 2 is 1.97 bits per heavy atom. The van der Waals surface area contributed by atoms with Gasteiger partial charge in [0.15, 0.2) is 0 Å². The Labute approximate surface area is 180 Å². The number of pyridine rings is 1. The van der Waals surface area contributed by atoms with Crippen LogP contribution in [0.1, 0.15) is 69.8 Å². The molecular formula is C22H35N3O4S. The zero-order valence-electron chi connectivity index (χ0n) is 17.9. The predicted molar refractivity (Wildman–Crippen MR) is 116 cm³/mol. The Morgan fingerprint density at radius 3 is 2.70 bits per heavy atom. The van der Waals surface area contributed by atoms with Crippen molar-refractivity contribution >= 4 is 10.0 Å². The molecule has 30 heavy (non-hydrogen) atoms. The van der Waals surface area contributed by atoms with E-state index in [0.717, 1.165) is 63.8 Å². The highest BCUT2D eigenvalue weighted by Gasteiger charge is 2.39. The molecular weight excluding hydrogens is 402 g/mol. The van der Waals surface area contributed by atoms with Crippen molar-refractivity contribution < 1.29 is 17.9 Å². The minimum atomic E-state index is -3.17. The molecule has 1 saturated heterocycles. The van der Waals surface area contributed by atoms with Crippen LogP contribution in [0.3, 0.4) is 0 Å². The fourth-order valence-corrected chi connectivity index (χ4v) is 6.36. The summed E-state index contributed by atoms with van der Waals surface area (Å²) < 4.78 is 39.6. The molecule has 3 fully saturated rings. The lowest BCUT2D eigenvalue weighted by molar-refractivity contribution is 0.00506. The molecule has 4 rings (SSSR count). The number of hydrogen-bond donors (Lipinski definition) is 2. The smallest absolute Gasteiger partial charge is 0.216 e. The number of nitrogens with zero attached hydrogens (tertiary/aromatic N) is 1. The van der Waals surface area contributed by atoms with Crippen LogP contribution in [0.15, 0.2) is 18.3 Å². The number of hydrogen-bond acceptors (Lipinski definition) is 6. The largest absolute Gasteiger partial charge is 0.478 e. The predicted octanol–water partition coefficient (Wildman–Crippen LogP) is 2.73. The van der Waals surface area contributed by atoms with Crippen molar-refractivity contribution in [1.82, 2.24) is 15.0 Å². The normalized spacial score (nSPS) is 30.2. The molecule has 1 aromatic heterocycles. The minimum Gasteiger partial charge on any atom is -0.478 e. The Kier molecular flexibility index (Phi) is 7.28. The van der Waals surface area contributed by atoms with Crippen LogP contribution in [0.2, 0.25) is 0 Å². The van der Waals surface area contributed by atoms with E-state index in [1.807, 2.05) is 13.0 Å². The summed E-state index contributed by atoms with van der Waals surface area (Å²) in [5.74, 6) is 1.23. The fourth-order valence-electron chi connectivity index (χ4n) is 4.71. The maximum absolute atomic E-state index is 12.4. The van der Waals surface area contributed by atoms with Gasteiger partial charge in [-0.1, -0.05) is 6.07 Å². The van der Waals surface area contributed by atoms with Crippen LogP contribution in [0, 0.1) is 0 Å². The second kappa shape index (κ2) is 9.94. The van der Waals surface area contributed by atoms with Crippen molar-refractivity contribution in [2.75, 3.05) is 19.8 Å². The van der Waals surface area contributed by atoms with E-state index >= 15 is 0 Å². The molecule has 0 unspecified atom stereocenters. The van der Waals surface area contributed by atoms with Crippen molar-refractivity contribution in [3.8, 4) is 5.88 Å². The SMILES string of the molecule is CCOc1ncccc1C1CCC(OC[C@@H]2NCCC[C@@H]2NS(=O)(=O)C2CC2)CC1. The van der Waals surface area contributed by atoms with Gasteiger partial charge in [-0.3, -0.25) is 0 Å². The molecule has 8 heteroatoms. The molecule has 0 spiro atoms. The van der Waals surface area contributed by atoms with Crippen molar-refractivity contribution in [3.63, 3.8) is 0 Å². The first kappa shape index (κ1) is 22.0. The number of rotatable bonds is 9. The van der Waals surface area contributed by atoms with Crippen LogP contribution < -0.4 is 14.8 Å². The topological polar surface area (TPSA) is 89.6 Å². The van der Waals surface area contributed by atoms with Crippen LogP contribution in [0.4, 0.5) is 0 Å². The minimum absolute atomic E-state index is 0.0490. The highest BCUT2D eigenvalue weighted by Crippen LogP contribution is 2.37. The summed E-state index contributed by atoms with van der Waals surface area (Å²) in [7, 11) is -3.17. The summed E-state index contributed by atoms with van der Waals surface area (Å²) in [6, 6.07) is 4.10. The maximum atomic E-state index is 12.4. The lowest BCUT2D eigenvalue weighted by atomic mass is 9.83. The van der Waals surface area contributed by atoms with E-state index < -0.39 is 10.0 Å². The first-order chi connectivity index (χ1) is 14.6. The number of ether oxygens (including phenoxy) is 2. The summed E-state index contributed by atoms with van der Waals surface area (Å²) in [5, 5.41) is 3.29. The molecule has 2 aliphatic carbocycles. The third-order valence-corrected chi connectivity index (χ3v) is 8.55. The van der Waals surface area contributed by atoms with Crippen molar-refractivity contribution in [3.05, 3.63) is 23.9 Å². The summed E-state index contributed by atoms with van der Waals surface area (Å²) in [6.07, 6.45) is 9.62. The molecule has 2 saturated carbocycles. The standard InChI is InChI=1S/C22H35N3O4S/c1-2-28-22-19(5-3-14-24-22)16-7-9-17(10-8-16)29-15-21-20(6-4-13-23-21)25-30(26,27)18-11-12-18/h3,5,14,16-18,20-21,23,25H,2,4,6-13,15H2,1H3/t16?,17?,20-,21-/m0/s1. The molecule has 0 aromatic carbocycles. The van der Waals surface area contributed by atoms with E-state index in [9.17, 15) is 8.42 Å². The van der Waals surface area contributed by atoms with Gasteiger partial charge in [0.1, 0.15) is 0 Å². The first-order valence-corrected chi connectivity index (χ1v) is 13.0. The molecule has 1 aliphatic heterocycles. The highest BCUT2D eigenvalue weighted by molar-refractivity contribution is 7.90. The van der Waals surface area contributed by atoms with Crippen LogP contribution in [0.25, 0.3) is 0 Å². The van der Waals surface area contributed by atoms with Crippen LogP contribution >= 0.6 is 0 Å². The van der Waals surface area contributed by atoms with Gasteiger partial charge in [-0.15, -0.1) is 0 Å². The van der Waals surface area contributed by atoms with Crippen molar-refractivity contribution in [1.29, 1.82) is 0 Å². The maximum Gasteiger partial charge on any atom is 0.216 e. The molecule has 0 radical (unpaired) electrons. The van der Waals surface area contributed by atoms with Gasteiger partial charge in [-0.05, 0) is 76.8 Å². The van der Waals surface area contributed by atoms with Gasteiger partial charge >= 0.3 is 0 Å². The van der Waals surface area contributed by atoms with Crippen molar-refractivity contribution in [2.24, 2.45) is 0 Å². The molecule has 1 aromatic rings. The fraction of sp³-hybridized carbons (Fsp3) is 0.773. The van der Waals surface area contributed by atoms with E-state index in [2.05, 4.69) is 21.1 Å². The number of piperidine rings is 1. The van der Waals surface area contributed by atoms with E-state index in [4.69, 9.17) is 9.47 Å². The third kappa shape index (κ3) is 5.52. The number of aromatic nitrogens is 1. The van der Waals surface area contributed by atoms with E-state index in [-0.39, 0.29) is 23.4 Å². The van der Waals surface area contributed by atoms with Gasteiger partial charge in [0.05, 0.1) is 24.6 Å². The number of nitrogens with one attached hydrogen (secondary N) is 2. The quantitative estimate of drug-likeness (QED) is 0.617. The van der Waals surface area contributed by atoms with Crippen LogP contribution in [0.5, 0.6) is 5.88 Å². The molecule has 0 bridgehead atoms. The van der Waals surface area contributed by atoms with E-state index in [1.54, 1.807) is 6.20 Å². The van der Waals surface area contributed by atoms with Gasteiger partial charge in [0.2, 0.25) is 15.9 Å². The average Bonchev–Trinajstić information content (AvgIpc) is 3.60. The van der Waals surface area contributed by atoms with Gasteiger partial charge < -0.3 is 14.8 Å². The molecule has 168 valence electrons. The first-order valence-electron chi connectivity index (χ1n) is 11.5. The molecule has 0 amide bonds. The van der Waals surface area contributed by atoms with Gasteiger partial charge in [-0.25, -0.2) is 18.1 Å². The molecule has 3 aliphatic rings. The van der Waals surface area contributed by atoms with Gasteiger partial charge in [0, 0.05) is 23.8 Å². The van der Waals surface area contributed by atoms with Crippen LogP contribution in [-0.4, -0.2) is 56.6 Å². The monoisotopic (exact) mass is 437 g/mol. The second-order valence-electron chi connectivity index (χ2n) is 8.81. The van der Waals surface area contributed by atoms with E-state index in [1.165, 1.54) is 5.56 Å². The Hall–Kier alpha value is -1.22. The third-order valence-electron chi connectivity index (χ3n) is 6.57. The van der Waals surface area contributed by atoms with Gasteiger partial charge in [-0.2, -0.15) is 0 Å². The van der Waals surface area contributed by atoms with Crippen molar-refractivity contribution in [2.45, 2.75) is 87.6 Å². The Bertz CT molecular complexity index is 791. The number of sulfonamides is 1. The zero-order chi connectivity index (χ0) is 21.0. The molecule has 7 nitrogen and oxygen atoms in total. The van der Waals surface area contributed by atoms with E-state index in [0.29, 0.717) is 19.1 Å². The Morgan fingerprint density at radius 1 is 1.17 bits per heavy atom. The molecule has 2 atom stereocenters. The zero-order valence-corrected chi connectivity index (χ0v) is 18.7. The van der Waals surface area contributed by atoms with Crippen LogP contribution in [-0.2, 0) is 14.8 Å². The second-order valence-corrected chi connectivity index (χ2v) is 10.8. The molecule has 2 heterocycles. The summed E-state index contributed by atoms with van der Waals surface area (Å²) in [6.45, 7) is 4.09. The Balaban J connectivity index is 1.27. The lowest BCUT2D eigenvalue weighted by Gasteiger charge is -2.35. The summed E-state index contributed by atoms with van der Waals surface area (Å²) in [5.41, 5.74) is 1.21. The highest BCUT2D eigenvalue weighted by atomic mass is 32.2.